The fourth-order valence-corrected chi connectivity index (χ4v) is 3.61. The molecular formula is C17H20N4O7S. The molecule has 0 spiro atoms. The van der Waals surface area contributed by atoms with Gasteiger partial charge in [-0.3, -0.25) is 19.6 Å². The maximum atomic E-state index is 12.5. The Hall–Kier alpha value is -3.28. The summed E-state index contributed by atoms with van der Waals surface area (Å²) in [6.07, 6.45) is 1.67. The number of amides is 1. The lowest BCUT2D eigenvalue weighted by molar-refractivity contribution is -0.385. The Morgan fingerprint density at radius 1 is 1.31 bits per heavy atom. The van der Waals surface area contributed by atoms with Crippen LogP contribution in [0.5, 0.6) is 0 Å². The molecule has 0 fully saturated rings. The van der Waals surface area contributed by atoms with Crippen LogP contribution in [0.2, 0.25) is 0 Å². The average molecular weight is 424 g/mol. The van der Waals surface area contributed by atoms with Crippen LogP contribution in [0, 0.1) is 24.0 Å². The molecule has 1 N–H and O–H groups in total. The van der Waals surface area contributed by atoms with E-state index >= 15 is 0 Å². The van der Waals surface area contributed by atoms with Gasteiger partial charge < -0.3 is 14.8 Å². The van der Waals surface area contributed by atoms with E-state index in [2.05, 4.69) is 10.4 Å². The van der Waals surface area contributed by atoms with Gasteiger partial charge in [-0.2, -0.15) is 5.10 Å². The number of nitrogens with zero attached hydrogens (tertiary/aromatic N) is 3. The molecule has 0 aliphatic heterocycles. The van der Waals surface area contributed by atoms with Crippen molar-refractivity contribution in [3.8, 4) is 0 Å². The average Bonchev–Trinajstić information content (AvgIpc) is 3.19. The maximum absolute atomic E-state index is 12.5. The SMILES string of the molecule is CCCOC(=O)c1c(NC(=O)Cn2ncc([N+](=O)[O-])c2C)sc(C(=O)OC)c1C. The summed E-state index contributed by atoms with van der Waals surface area (Å²) >= 11 is 0.889. The van der Waals surface area contributed by atoms with Crippen LogP contribution in [0.1, 0.15) is 44.6 Å². The van der Waals surface area contributed by atoms with E-state index in [1.54, 1.807) is 6.92 Å². The van der Waals surface area contributed by atoms with Gasteiger partial charge in [-0.1, -0.05) is 6.92 Å². The molecule has 0 saturated heterocycles. The third kappa shape index (κ3) is 4.77. The van der Waals surface area contributed by atoms with Crippen LogP contribution < -0.4 is 5.32 Å². The quantitative estimate of drug-likeness (QED) is 0.387. The summed E-state index contributed by atoms with van der Waals surface area (Å²) in [6, 6.07) is 0. The number of rotatable bonds is 8. The summed E-state index contributed by atoms with van der Waals surface area (Å²) in [5.74, 6) is -1.89. The molecule has 0 aliphatic rings. The van der Waals surface area contributed by atoms with Crippen molar-refractivity contribution in [1.82, 2.24) is 9.78 Å². The van der Waals surface area contributed by atoms with Crippen molar-refractivity contribution >= 4 is 39.9 Å². The highest BCUT2D eigenvalue weighted by atomic mass is 32.1. The van der Waals surface area contributed by atoms with Crippen LogP contribution in [-0.4, -0.2) is 46.3 Å². The summed E-state index contributed by atoms with van der Waals surface area (Å²) in [4.78, 5) is 47.3. The van der Waals surface area contributed by atoms with E-state index in [1.165, 1.54) is 18.7 Å². The Balaban J connectivity index is 2.30. The lowest BCUT2D eigenvalue weighted by atomic mass is 10.1. The summed E-state index contributed by atoms with van der Waals surface area (Å²) in [5.41, 5.74) is 0.413. The normalized spacial score (nSPS) is 10.5. The molecule has 2 heterocycles. The fraction of sp³-hybridized carbons (Fsp3) is 0.412. The summed E-state index contributed by atoms with van der Waals surface area (Å²) in [6.45, 7) is 4.74. The van der Waals surface area contributed by atoms with Crippen LogP contribution in [-0.2, 0) is 20.8 Å². The molecule has 2 aromatic heterocycles. The third-order valence-electron chi connectivity index (χ3n) is 3.98. The van der Waals surface area contributed by atoms with Gasteiger partial charge in [-0.05, 0) is 25.8 Å². The molecule has 0 aromatic carbocycles. The van der Waals surface area contributed by atoms with E-state index in [0.717, 1.165) is 17.5 Å². The Morgan fingerprint density at radius 2 is 2.00 bits per heavy atom. The summed E-state index contributed by atoms with van der Waals surface area (Å²) < 4.78 is 11.0. The number of aromatic nitrogens is 2. The van der Waals surface area contributed by atoms with Gasteiger partial charge >= 0.3 is 17.6 Å². The van der Waals surface area contributed by atoms with Crippen LogP contribution in [0.15, 0.2) is 6.20 Å². The van der Waals surface area contributed by atoms with E-state index in [1.807, 2.05) is 6.92 Å². The topological polar surface area (TPSA) is 143 Å². The Morgan fingerprint density at radius 3 is 2.55 bits per heavy atom. The molecule has 0 radical (unpaired) electrons. The van der Waals surface area contributed by atoms with Crippen molar-refractivity contribution in [2.24, 2.45) is 0 Å². The number of esters is 2. The number of carbonyl (C=O) groups is 3. The van der Waals surface area contributed by atoms with E-state index in [9.17, 15) is 24.5 Å². The van der Waals surface area contributed by atoms with E-state index in [-0.39, 0.29) is 40.0 Å². The second kappa shape index (κ2) is 9.28. The second-order valence-corrected chi connectivity index (χ2v) is 6.99. The van der Waals surface area contributed by atoms with Crippen LogP contribution in [0.25, 0.3) is 0 Å². The molecule has 2 aromatic rings. The molecule has 0 bridgehead atoms. The number of anilines is 1. The first-order chi connectivity index (χ1) is 13.7. The summed E-state index contributed by atoms with van der Waals surface area (Å²) in [7, 11) is 1.21. The van der Waals surface area contributed by atoms with E-state index in [4.69, 9.17) is 9.47 Å². The Bertz CT molecular complexity index is 963. The minimum Gasteiger partial charge on any atom is -0.465 e. The van der Waals surface area contributed by atoms with Crippen molar-refractivity contribution in [3.63, 3.8) is 0 Å². The van der Waals surface area contributed by atoms with Gasteiger partial charge in [0, 0.05) is 0 Å². The third-order valence-corrected chi connectivity index (χ3v) is 5.17. The number of hydrogen-bond acceptors (Lipinski definition) is 9. The fourth-order valence-electron chi connectivity index (χ4n) is 2.48. The number of hydrogen-bond donors (Lipinski definition) is 1. The molecule has 1 amide bonds. The number of nitrogens with one attached hydrogen (secondary N) is 1. The zero-order valence-corrected chi connectivity index (χ0v) is 17.1. The molecular weight excluding hydrogens is 404 g/mol. The molecule has 0 unspecified atom stereocenters. The Labute approximate surface area is 169 Å². The van der Waals surface area contributed by atoms with Gasteiger partial charge in [-0.15, -0.1) is 11.3 Å². The Kier molecular flexibility index (Phi) is 7.04. The van der Waals surface area contributed by atoms with Crippen molar-refractivity contribution in [1.29, 1.82) is 0 Å². The summed E-state index contributed by atoms with van der Waals surface area (Å²) in [5, 5.41) is 17.4. The number of methoxy groups -OCH3 is 1. The second-order valence-electron chi connectivity index (χ2n) is 5.97. The lowest BCUT2D eigenvalue weighted by Crippen LogP contribution is -2.21. The number of nitro groups is 1. The van der Waals surface area contributed by atoms with Gasteiger partial charge in [0.2, 0.25) is 5.91 Å². The van der Waals surface area contributed by atoms with Crippen LogP contribution >= 0.6 is 11.3 Å². The van der Waals surface area contributed by atoms with Gasteiger partial charge in [0.05, 0.1) is 24.2 Å². The van der Waals surface area contributed by atoms with Gasteiger partial charge in [-0.25, -0.2) is 9.59 Å². The highest BCUT2D eigenvalue weighted by molar-refractivity contribution is 7.18. The largest absolute Gasteiger partial charge is 0.465 e. The van der Waals surface area contributed by atoms with Crippen LogP contribution in [0.3, 0.4) is 0 Å². The van der Waals surface area contributed by atoms with Crippen molar-refractivity contribution in [2.45, 2.75) is 33.7 Å². The van der Waals surface area contributed by atoms with Gasteiger partial charge in [0.15, 0.2) is 0 Å². The van der Waals surface area contributed by atoms with Crippen molar-refractivity contribution in [2.75, 3.05) is 19.0 Å². The minimum atomic E-state index is -0.669. The molecule has 12 heteroatoms. The first kappa shape index (κ1) is 22.0. The smallest absolute Gasteiger partial charge is 0.348 e. The highest BCUT2D eigenvalue weighted by Crippen LogP contribution is 2.34. The molecule has 2 rings (SSSR count). The first-order valence-corrected chi connectivity index (χ1v) is 9.38. The number of carbonyl (C=O) groups excluding carboxylic acids is 3. The molecule has 156 valence electrons. The van der Waals surface area contributed by atoms with Crippen LogP contribution in [0.4, 0.5) is 10.7 Å². The zero-order valence-electron chi connectivity index (χ0n) is 16.3. The first-order valence-electron chi connectivity index (χ1n) is 8.56. The monoisotopic (exact) mass is 424 g/mol. The standard InChI is InChI=1S/C17H20N4O7S/c1-5-6-28-16(23)13-9(2)14(17(24)27-4)29-15(13)19-12(22)8-20-10(3)11(7-18-20)21(25)26/h7H,5-6,8H2,1-4H3,(H,19,22). The van der Waals surface area contributed by atoms with Crippen molar-refractivity contribution in [3.05, 3.63) is 38.0 Å². The molecule has 11 nitrogen and oxygen atoms in total. The molecule has 0 saturated carbocycles. The minimum absolute atomic E-state index is 0.0698. The zero-order chi connectivity index (χ0) is 21.7. The molecule has 0 atom stereocenters. The molecule has 29 heavy (non-hydrogen) atoms. The number of ether oxygens (including phenoxy) is 2. The number of thiophene rings is 1. The lowest BCUT2D eigenvalue weighted by Gasteiger charge is -2.08. The van der Waals surface area contributed by atoms with Gasteiger partial charge in [0.25, 0.3) is 0 Å². The van der Waals surface area contributed by atoms with E-state index < -0.39 is 22.8 Å². The predicted octanol–water partition coefficient (Wildman–Crippen LogP) is 2.46. The van der Waals surface area contributed by atoms with Crippen molar-refractivity contribution < 1.29 is 28.8 Å². The van der Waals surface area contributed by atoms with Gasteiger partial charge in [0.1, 0.15) is 28.3 Å². The predicted molar refractivity (Wildman–Crippen MR) is 103 cm³/mol. The molecule has 0 aliphatic carbocycles. The van der Waals surface area contributed by atoms with E-state index in [0.29, 0.717) is 12.0 Å². The highest BCUT2D eigenvalue weighted by Gasteiger charge is 2.27. The maximum Gasteiger partial charge on any atom is 0.348 e.